The predicted octanol–water partition coefficient (Wildman–Crippen LogP) is 4.19. The normalized spacial score (nSPS) is 11.9. The molecule has 1 atom stereocenters. The van der Waals surface area contributed by atoms with Crippen LogP contribution in [0.15, 0.2) is 59.0 Å². The van der Waals surface area contributed by atoms with Gasteiger partial charge in [-0.3, -0.25) is 4.79 Å². The van der Waals surface area contributed by atoms with Crippen molar-refractivity contribution >= 4 is 23.2 Å². The van der Waals surface area contributed by atoms with Crippen molar-refractivity contribution in [2.45, 2.75) is 19.3 Å². The molecular formula is C18H16ClN3O2. The monoisotopic (exact) mass is 341 g/mol. The van der Waals surface area contributed by atoms with Crippen LogP contribution in [-0.2, 0) is 4.79 Å². The Labute approximate surface area is 144 Å². The van der Waals surface area contributed by atoms with Crippen LogP contribution in [0.1, 0.15) is 29.7 Å². The molecule has 1 N–H and O–H groups in total. The highest BCUT2D eigenvalue weighted by Gasteiger charge is 2.23. The Bertz CT molecular complexity index is 833. The molecule has 1 amide bonds. The van der Waals surface area contributed by atoms with Gasteiger partial charge in [-0.2, -0.15) is 0 Å². The number of carbonyl (C=O) groups excluding carboxylic acids is 1. The van der Waals surface area contributed by atoms with E-state index in [9.17, 15) is 4.79 Å². The van der Waals surface area contributed by atoms with E-state index in [0.29, 0.717) is 22.5 Å². The largest absolute Gasteiger partial charge is 0.425 e. The molecule has 122 valence electrons. The third-order valence-corrected chi connectivity index (χ3v) is 3.91. The molecule has 0 saturated carbocycles. The lowest BCUT2D eigenvalue weighted by atomic mass is 9.95. The minimum atomic E-state index is -0.310. The average molecular weight is 342 g/mol. The molecule has 2 aromatic carbocycles. The fraction of sp³-hybridized carbons (Fsp3) is 0.167. The Hall–Kier alpha value is -2.66. The summed E-state index contributed by atoms with van der Waals surface area (Å²) < 4.78 is 5.55. The van der Waals surface area contributed by atoms with Crippen molar-refractivity contribution in [1.82, 2.24) is 10.2 Å². The lowest BCUT2D eigenvalue weighted by Crippen LogP contribution is -2.17. The minimum Gasteiger partial charge on any atom is -0.425 e. The van der Waals surface area contributed by atoms with E-state index < -0.39 is 0 Å². The van der Waals surface area contributed by atoms with Gasteiger partial charge in [0.05, 0.1) is 16.6 Å². The highest BCUT2D eigenvalue weighted by molar-refractivity contribution is 6.33. The molecule has 0 spiro atoms. The third kappa shape index (κ3) is 3.81. The number of aryl methyl sites for hydroxylation is 1. The fourth-order valence-corrected chi connectivity index (χ4v) is 2.62. The van der Waals surface area contributed by atoms with Crippen LogP contribution < -0.4 is 5.32 Å². The van der Waals surface area contributed by atoms with Crippen LogP contribution in [0.4, 0.5) is 5.69 Å². The molecule has 0 aliphatic carbocycles. The minimum absolute atomic E-state index is 0.173. The van der Waals surface area contributed by atoms with E-state index in [1.54, 1.807) is 19.1 Å². The van der Waals surface area contributed by atoms with Gasteiger partial charge in [-0.15, -0.1) is 10.2 Å². The van der Waals surface area contributed by atoms with Crippen LogP contribution in [0.3, 0.4) is 0 Å². The van der Waals surface area contributed by atoms with Crippen molar-refractivity contribution in [3.05, 3.63) is 77.0 Å². The number of nitrogens with zero attached hydrogens (tertiary/aromatic N) is 2. The Morgan fingerprint density at radius 3 is 2.50 bits per heavy atom. The first kappa shape index (κ1) is 16.2. The zero-order valence-corrected chi connectivity index (χ0v) is 13.8. The first-order valence-electron chi connectivity index (χ1n) is 7.53. The molecule has 0 aliphatic heterocycles. The smallest absolute Gasteiger partial charge is 0.225 e. The van der Waals surface area contributed by atoms with Crippen molar-refractivity contribution in [2.75, 3.05) is 5.32 Å². The third-order valence-electron chi connectivity index (χ3n) is 3.58. The summed E-state index contributed by atoms with van der Waals surface area (Å²) in [5.41, 5.74) is 1.52. The number of carbonyl (C=O) groups is 1. The van der Waals surface area contributed by atoms with Crippen LogP contribution in [0.2, 0.25) is 5.02 Å². The quantitative estimate of drug-likeness (QED) is 0.755. The summed E-state index contributed by atoms with van der Waals surface area (Å²) in [6.07, 6.45) is 0.177. The van der Waals surface area contributed by atoms with E-state index in [4.69, 9.17) is 16.0 Å². The van der Waals surface area contributed by atoms with Crippen LogP contribution >= 0.6 is 11.6 Å². The van der Waals surface area contributed by atoms with Crippen molar-refractivity contribution in [2.24, 2.45) is 0 Å². The molecule has 1 aromatic heterocycles. The predicted molar refractivity (Wildman–Crippen MR) is 92.0 cm³/mol. The molecular weight excluding hydrogens is 326 g/mol. The fourth-order valence-electron chi connectivity index (χ4n) is 2.43. The SMILES string of the molecule is Cc1nnc(C(CC(=O)Nc2ccccc2Cl)c2ccccc2)o1. The second-order valence-corrected chi connectivity index (χ2v) is 5.76. The number of nitrogens with one attached hydrogen (secondary N) is 1. The number of anilines is 1. The molecule has 1 unspecified atom stereocenters. The first-order chi connectivity index (χ1) is 11.6. The molecule has 0 radical (unpaired) electrons. The Balaban J connectivity index is 1.82. The second-order valence-electron chi connectivity index (χ2n) is 5.35. The molecule has 0 fully saturated rings. The lowest BCUT2D eigenvalue weighted by Gasteiger charge is -2.14. The van der Waals surface area contributed by atoms with Gasteiger partial charge in [0, 0.05) is 13.3 Å². The number of hydrogen-bond donors (Lipinski definition) is 1. The second kappa shape index (κ2) is 7.27. The molecule has 0 saturated heterocycles. The maximum absolute atomic E-state index is 12.5. The van der Waals surface area contributed by atoms with Crippen LogP contribution in [-0.4, -0.2) is 16.1 Å². The highest BCUT2D eigenvalue weighted by Crippen LogP contribution is 2.28. The van der Waals surface area contributed by atoms with Crippen LogP contribution in [0.5, 0.6) is 0 Å². The zero-order chi connectivity index (χ0) is 16.9. The van der Waals surface area contributed by atoms with Gasteiger partial charge in [0.2, 0.25) is 17.7 Å². The Morgan fingerprint density at radius 2 is 1.83 bits per heavy atom. The molecule has 6 heteroatoms. The maximum atomic E-state index is 12.5. The molecule has 0 bridgehead atoms. The molecule has 5 nitrogen and oxygen atoms in total. The highest BCUT2D eigenvalue weighted by atomic mass is 35.5. The van der Waals surface area contributed by atoms with E-state index in [-0.39, 0.29) is 18.2 Å². The van der Waals surface area contributed by atoms with Crippen LogP contribution in [0.25, 0.3) is 0 Å². The standard InChI is InChI=1S/C18H16ClN3O2/c1-12-21-22-18(24-12)14(13-7-3-2-4-8-13)11-17(23)20-16-10-6-5-9-15(16)19/h2-10,14H,11H2,1H3,(H,20,23). The topological polar surface area (TPSA) is 68.0 Å². The van der Waals surface area contributed by atoms with Gasteiger partial charge in [0.15, 0.2) is 0 Å². The van der Waals surface area contributed by atoms with Crippen molar-refractivity contribution in [3.63, 3.8) is 0 Å². The average Bonchev–Trinajstić information content (AvgIpc) is 3.02. The van der Waals surface area contributed by atoms with Crippen molar-refractivity contribution in [3.8, 4) is 0 Å². The van der Waals surface area contributed by atoms with Crippen molar-refractivity contribution < 1.29 is 9.21 Å². The number of aromatic nitrogens is 2. The van der Waals surface area contributed by atoms with E-state index in [1.165, 1.54) is 0 Å². The summed E-state index contributed by atoms with van der Waals surface area (Å²) >= 11 is 6.09. The van der Waals surface area contributed by atoms with E-state index in [1.807, 2.05) is 42.5 Å². The zero-order valence-electron chi connectivity index (χ0n) is 13.1. The summed E-state index contributed by atoms with van der Waals surface area (Å²) in [7, 11) is 0. The summed E-state index contributed by atoms with van der Waals surface area (Å²) in [4.78, 5) is 12.5. The number of amides is 1. The molecule has 3 rings (SSSR count). The van der Waals surface area contributed by atoms with Gasteiger partial charge in [0.1, 0.15) is 0 Å². The molecule has 24 heavy (non-hydrogen) atoms. The van der Waals surface area contributed by atoms with Gasteiger partial charge < -0.3 is 9.73 Å². The van der Waals surface area contributed by atoms with Crippen LogP contribution in [0, 0.1) is 6.92 Å². The van der Waals surface area contributed by atoms with Gasteiger partial charge in [-0.25, -0.2) is 0 Å². The van der Waals surface area contributed by atoms with Crippen molar-refractivity contribution in [1.29, 1.82) is 0 Å². The van der Waals surface area contributed by atoms with Gasteiger partial charge in [-0.1, -0.05) is 54.1 Å². The lowest BCUT2D eigenvalue weighted by molar-refractivity contribution is -0.116. The van der Waals surface area contributed by atoms with E-state index in [0.717, 1.165) is 5.56 Å². The molecule has 1 heterocycles. The Morgan fingerprint density at radius 1 is 1.12 bits per heavy atom. The number of hydrogen-bond acceptors (Lipinski definition) is 4. The number of halogens is 1. The van der Waals surface area contributed by atoms with E-state index in [2.05, 4.69) is 15.5 Å². The number of benzene rings is 2. The summed E-state index contributed by atoms with van der Waals surface area (Å²) in [6.45, 7) is 1.72. The molecule has 3 aromatic rings. The van der Waals surface area contributed by atoms with Gasteiger partial charge in [0.25, 0.3) is 0 Å². The summed E-state index contributed by atoms with van der Waals surface area (Å²) in [5, 5.41) is 11.3. The first-order valence-corrected chi connectivity index (χ1v) is 7.90. The van der Waals surface area contributed by atoms with Gasteiger partial charge in [-0.05, 0) is 17.7 Å². The maximum Gasteiger partial charge on any atom is 0.225 e. The number of rotatable bonds is 5. The number of para-hydroxylation sites is 1. The Kier molecular flexibility index (Phi) is 4.91. The summed E-state index contributed by atoms with van der Waals surface area (Å²) in [6, 6.07) is 16.7. The van der Waals surface area contributed by atoms with E-state index >= 15 is 0 Å². The van der Waals surface area contributed by atoms with Gasteiger partial charge >= 0.3 is 0 Å². The molecule has 0 aliphatic rings. The summed E-state index contributed by atoms with van der Waals surface area (Å²) in [5.74, 6) is 0.410.